The highest BCUT2D eigenvalue weighted by Crippen LogP contribution is 2.44. The lowest BCUT2D eigenvalue weighted by Gasteiger charge is -2.13. The van der Waals surface area contributed by atoms with Gasteiger partial charge in [-0.05, 0) is 31.0 Å². The highest BCUT2D eigenvalue weighted by Gasteiger charge is 2.41. The minimum absolute atomic E-state index is 0.0618. The topological polar surface area (TPSA) is 32.3 Å². The molecular formula is C11H14FNO. The Kier molecular flexibility index (Phi) is 2.42. The van der Waals surface area contributed by atoms with Gasteiger partial charge in [-0.1, -0.05) is 6.07 Å². The number of rotatable bonds is 4. The number of halogens is 1. The monoisotopic (exact) mass is 195 g/mol. The van der Waals surface area contributed by atoms with E-state index >= 15 is 0 Å². The molecule has 0 atom stereocenters. The lowest BCUT2D eigenvalue weighted by atomic mass is 10.1. The van der Waals surface area contributed by atoms with Crippen molar-refractivity contribution in [2.45, 2.75) is 12.8 Å². The Balaban J connectivity index is 1.92. The maximum absolute atomic E-state index is 12.8. The van der Waals surface area contributed by atoms with E-state index in [1.165, 1.54) is 12.1 Å². The van der Waals surface area contributed by atoms with E-state index in [0.717, 1.165) is 25.1 Å². The first-order valence-corrected chi connectivity index (χ1v) is 4.84. The summed E-state index contributed by atoms with van der Waals surface area (Å²) in [6, 6.07) is 6.39. The van der Waals surface area contributed by atoms with Gasteiger partial charge in [0.2, 0.25) is 0 Å². The van der Waals surface area contributed by atoms with Gasteiger partial charge in [0, 0.05) is 17.6 Å². The molecule has 1 aliphatic carbocycles. The van der Waals surface area contributed by atoms with Crippen molar-refractivity contribution in [2.24, 2.45) is 5.41 Å². The fraction of sp³-hybridized carbons (Fsp3) is 0.455. The predicted molar refractivity (Wildman–Crippen MR) is 53.6 cm³/mol. The van der Waals surface area contributed by atoms with E-state index in [-0.39, 0.29) is 17.8 Å². The maximum atomic E-state index is 12.8. The third-order valence-electron chi connectivity index (χ3n) is 2.78. The van der Waals surface area contributed by atoms with Crippen LogP contribution < -0.4 is 5.32 Å². The molecule has 0 spiro atoms. The van der Waals surface area contributed by atoms with E-state index in [1.807, 2.05) is 6.07 Å². The summed E-state index contributed by atoms with van der Waals surface area (Å²) in [5.41, 5.74) is 0.844. The van der Waals surface area contributed by atoms with E-state index in [9.17, 15) is 4.39 Å². The SMILES string of the molecule is OCC1(CNc2cccc(F)c2)CC1. The molecule has 1 aromatic rings. The number of anilines is 1. The third-order valence-corrected chi connectivity index (χ3v) is 2.78. The van der Waals surface area contributed by atoms with Crippen molar-refractivity contribution >= 4 is 5.69 Å². The smallest absolute Gasteiger partial charge is 0.125 e. The molecule has 3 heteroatoms. The normalized spacial score (nSPS) is 17.9. The molecule has 0 bridgehead atoms. The van der Waals surface area contributed by atoms with E-state index in [2.05, 4.69) is 5.32 Å². The van der Waals surface area contributed by atoms with Crippen LogP contribution in [-0.2, 0) is 0 Å². The Labute approximate surface area is 82.8 Å². The summed E-state index contributed by atoms with van der Waals surface area (Å²) in [7, 11) is 0. The fourth-order valence-electron chi connectivity index (χ4n) is 1.46. The minimum Gasteiger partial charge on any atom is -0.396 e. The molecule has 1 fully saturated rings. The number of hydrogen-bond acceptors (Lipinski definition) is 2. The zero-order chi connectivity index (χ0) is 10.0. The second-order valence-electron chi connectivity index (χ2n) is 4.02. The molecule has 0 aromatic heterocycles. The molecule has 1 aliphatic rings. The summed E-state index contributed by atoms with van der Waals surface area (Å²) < 4.78 is 12.8. The molecule has 0 saturated heterocycles. The van der Waals surface area contributed by atoms with Crippen molar-refractivity contribution in [1.29, 1.82) is 0 Å². The van der Waals surface area contributed by atoms with E-state index in [4.69, 9.17) is 5.11 Å². The molecule has 0 amide bonds. The average molecular weight is 195 g/mol. The lowest BCUT2D eigenvalue weighted by Crippen LogP contribution is -2.18. The van der Waals surface area contributed by atoms with Crippen LogP contribution in [0.2, 0.25) is 0 Å². The first kappa shape index (κ1) is 9.46. The Morgan fingerprint density at radius 1 is 1.43 bits per heavy atom. The average Bonchev–Trinajstić information content (AvgIpc) is 2.96. The van der Waals surface area contributed by atoms with Crippen LogP contribution in [-0.4, -0.2) is 18.3 Å². The number of benzene rings is 1. The molecule has 76 valence electrons. The fourth-order valence-corrected chi connectivity index (χ4v) is 1.46. The summed E-state index contributed by atoms with van der Waals surface area (Å²) >= 11 is 0. The zero-order valence-corrected chi connectivity index (χ0v) is 7.96. The molecule has 2 N–H and O–H groups in total. The third kappa shape index (κ3) is 2.04. The van der Waals surface area contributed by atoms with Crippen LogP contribution in [0.3, 0.4) is 0 Å². The van der Waals surface area contributed by atoms with Crippen LogP contribution in [0.1, 0.15) is 12.8 Å². The molecular weight excluding hydrogens is 181 g/mol. The summed E-state index contributed by atoms with van der Waals surface area (Å²) in [6.45, 7) is 0.947. The van der Waals surface area contributed by atoms with E-state index in [1.54, 1.807) is 6.07 Å². The van der Waals surface area contributed by atoms with Crippen LogP contribution >= 0.6 is 0 Å². The molecule has 2 nitrogen and oxygen atoms in total. The molecule has 14 heavy (non-hydrogen) atoms. The van der Waals surface area contributed by atoms with Gasteiger partial charge >= 0.3 is 0 Å². The van der Waals surface area contributed by atoms with Crippen molar-refractivity contribution in [1.82, 2.24) is 0 Å². The van der Waals surface area contributed by atoms with Crippen molar-refractivity contribution < 1.29 is 9.50 Å². The van der Waals surface area contributed by atoms with Crippen LogP contribution in [0.15, 0.2) is 24.3 Å². The van der Waals surface area contributed by atoms with Gasteiger partial charge in [0.25, 0.3) is 0 Å². The van der Waals surface area contributed by atoms with Gasteiger partial charge < -0.3 is 10.4 Å². The number of hydrogen-bond donors (Lipinski definition) is 2. The van der Waals surface area contributed by atoms with Gasteiger partial charge in [-0.25, -0.2) is 4.39 Å². The molecule has 0 unspecified atom stereocenters. The number of aliphatic hydroxyl groups excluding tert-OH is 1. The van der Waals surface area contributed by atoms with Crippen LogP contribution in [0.4, 0.5) is 10.1 Å². The number of aliphatic hydroxyl groups is 1. The number of nitrogens with one attached hydrogen (secondary N) is 1. The van der Waals surface area contributed by atoms with E-state index in [0.29, 0.717) is 0 Å². The quantitative estimate of drug-likeness (QED) is 0.770. The largest absolute Gasteiger partial charge is 0.396 e. The van der Waals surface area contributed by atoms with Gasteiger partial charge in [0.15, 0.2) is 0 Å². The van der Waals surface area contributed by atoms with Crippen LogP contribution in [0.25, 0.3) is 0 Å². The van der Waals surface area contributed by atoms with E-state index < -0.39 is 0 Å². The Morgan fingerprint density at radius 3 is 2.79 bits per heavy atom. The highest BCUT2D eigenvalue weighted by atomic mass is 19.1. The van der Waals surface area contributed by atoms with Gasteiger partial charge in [-0.15, -0.1) is 0 Å². The minimum atomic E-state index is -0.233. The van der Waals surface area contributed by atoms with Crippen LogP contribution in [0, 0.1) is 11.2 Å². The van der Waals surface area contributed by atoms with Gasteiger partial charge in [0.1, 0.15) is 5.82 Å². The van der Waals surface area contributed by atoms with Crippen molar-refractivity contribution in [3.05, 3.63) is 30.1 Å². The second-order valence-corrected chi connectivity index (χ2v) is 4.02. The summed E-state index contributed by atoms with van der Waals surface area (Å²) in [5, 5.41) is 12.2. The zero-order valence-electron chi connectivity index (χ0n) is 7.96. The predicted octanol–water partition coefficient (Wildman–Crippen LogP) is 2.01. The van der Waals surface area contributed by atoms with Crippen molar-refractivity contribution in [2.75, 3.05) is 18.5 Å². The molecule has 2 rings (SSSR count). The Morgan fingerprint density at radius 2 is 2.21 bits per heavy atom. The first-order chi connectivity index (χ1) is 6.74. The van der Waals surface area contributed by atoms with Gasteiger partial charge in [0.05, 0.1) is 6.61 Å². The van der Waals surface area contributed by atoms with Crippen molar-refractivity contribution in [3.8, 4) is 0 Å². The lowest BCUT2D eigenvalue weighted by molar-refractivity contribution is 0.220. The molecule has 0 heterocycles. The summed E-state index contributed by atoms with van der Waals surface area (Å²) in [6.07, 6.45) is 2.12. The van der Waals surface area contributed by atoms with Gasteiger partial charge in [-0.2, -0.15) is 0 Å². The molecule has 0 radical (unpaired) electrons. The first-order valence-electron chi connectivity index (χ1n) is 4.84. The second kappa shape index (κ2) is 3.58. The summed E-state index contributed by atoms with van der Waals surface area (Å²) in [5.74, 6) is -0.233. The molecule has 1 aromatic carbocycles. The van der Waals surface area contributed by atoms with Crippen LogP contribution in [0.5, 0.6) is 0 Å². The van der Waals surface area contributed by atoms with Gasteiger partial charge in [-0.3, -0.25) is 0 Å². The molecule has 1 saturated carbocycles. The maximum Gasteiger partial charge on any atom is 0.125 e. The Hall–Kier alpha value is -1.09. The highest BCUT2D eigenvalue weighted by molar-refractivity contribution is 5.43. The summed E-state index contributed by atoms with van der Waals surface area (Å²) in [4.78, 5) is 0. The van der Waals surface area contributed by atoms with Crippen molar-refractivity contribution in [3.63, 3.8) is 0 Å². The standard InChI is InChI=1S/C11H14FNO/c12-9-2-1-3-10(6-9)13-7-11(8-14)4-5-11/h1-3,6,13-14H,4-5,7-8H2. The molecule has 0 aliphatic heterocycles. The Bertz CT molecular complexity index is 323.